The van der Waals surface area contributed by atoms with Crippen molar-refractivity contribution in [2.24, 2.45) is 0 Å². The van der Waals surface area contributed by atoms with Gasteiger partial charge in [0.1, 0.15) is 13.1 Å². The second kappa shape index (κ2) is 40.1. The predicted octanol–water partition coefficient (Wildman–Crippen LogP) is 6.92. The molecule has 0 aliphatic heterocycles. The molecule has 2 nitrogen and oxygen atoms in total. The monoisotopic (exact) mass is 679 g/mol. The van der Waals surface area contributed by atoms with Gasteiger partial charge in [-0.2, -0.15) is 0 Å². The molecule has 2 rings (SSSR count). The van der Waals surface area contributed by atoms with Gasteiger partial charge in [-0.15, -0.1) is 0 Å². The Balaban J connectivity index is 0. The van der Waals surface area contributed by atoms with Gasteiger partial charge >= 0.3 is 0 Å². The number of aromatic nitrogens is 2. The molecule has 0 N–H and O–H groups in total. The molecule has 0 fully saturated rings. The Morgan fingerprint density at radius 2 is 0.457 bits per heavy atom. The molecule has 2 aromatic rings. The van der Waals surface area contributed by atoms with E-state index in [-0.39, 0.29) is 24.8 Å². The molecular formula is C42H76Cl2N2. The lowest BCUT2D eigenvalue weighted by atomic mass is 10.0. The van der Waals surface area contributed by atoms with Gasteiger partial charge in [0.15, 0.2) is 24.8 Å². The lowest BCUT2D eigenvalue weighted by Crippen LogP contribution is -3.00. The summed E-state index contributed by atoms with van der Waals surface area (Å²) in [5.74, 6) is 0. The first kappa shape index (κ1) is 47.0. The van der Waals surface area contributed by atoms with Crippen LogP contribution in [0.4, 0.5) is 0 Å². The van der Waals surface area contributed by atoms with E-state index in [9.17, 15) is 0 Å². The number of hydrogen-bond donors (Lipinski definition) is 0. The molecule has 0 radical (unpaired) electrons. The maximum atomic E-state index is 2.29. The average molecular weight is 680 g/mol. The largest absolute Gasteiger partial charge is 1.00 e. The van der Waals surface area contributed by atoms with E-state index in [1.165, 1.54) is 193 Å². The van der Waals surface area contributed by atoms with Crippen LogP contribution in [0.1, 0.15) is 194 Å². The standard InChI is InChI=1S/2C21H38N.2ClH/c2*1-2-3-4-5-6-7-8-9-10-11-12-13-14-16-19-22-20-17-15-18-21-22;;/h2*15,17-18,20-21H,2-14,16,19H2,1H3;2*1H/q2*+1;;/p-2. The lowest BCUT2D eigenvalue weighted by Gasteiger charge is -2.02. The molecule has 0 aliphatic carbocycles. The summed E-state index contributed by atoms with van der Waals surface area (Å²) in [6.07, 6.45) is 48.8. The third-order valence-corrected chi connectivity index (χ3v) is 9.09. The fourth-order valence-electron chi connectivity index (χ4n) is 6.14. The second-order valence-corrected chi connectivity index (χ2v) is 13.4. The van der Waals surface area contributed by atoms with Gasteiger partial charge < -0.3 is 24.8 Å². The zero-order chi connectivity index (χ0) is 31.4. The molecule has 0 aliphatic rings. The molecule has 2 heterocycles. The first-order valence-electron chi connectivity index (χ1n) is 19.7. The fraction of sp³-hybridized carbons (Fsp3) is 0.762. The Morgan fingerprint density at radius 1 is 0.261 bits per heavy atom. The van der Waals surface area contributed by atoms with Crippen molar-refractivity contribution in [2.75, 3.05) is 0 Å². The van der Waals surface area contributed by atoms with Crippen LogP contribution >= 0.6 is 0 Å². The number of pyridine rings is 2. The van der Waals surface area contributed by atoms with Crippen molar-refractivity contribution in [1.82, 2.24) is 0 Å². The third-order valence-electron chi connectivity index (χ3n) is 9.09. The van der Waals surface area contributed by atoms with E-state index in [0.29, 0.717) is 0 Å². The van der Waals surface area contributed by atoms with Crippen LogP contribution in [0.2, 0.25) is 0 Å². The average Bonchev–Trinajstić information content (AvgIpc) is 3.06. The summed E-state index contributed by atoms with van der Waals surface area (Å²) in [4.78, 5) is 0. The van der Waals surface area contributed by atoms with Crippen LogP contribution < -0.4 is 33.9 Å². The third kappa shape index (κ3) is 34.2. The summed E-state index contributed by atoms with van der Waals surface area (Å²) in [5, 5.41) is 0. The van der Waals surface area contributed by atoms with Gasteiger partial charge in [-0.05, 0) is 12.8 Å². The van der Waals surface area contributed by atoms with E-state index >= 15 is 0 Å². The van der Waals surface area contributed by atoms with E-state index in [1.54, 1.807) is 0 Å². The molecule has 0 saturated heterocycles. The topological polar surface area (TPSA) is 7.76 Å². The number of aryl methyl sites for hydroxylation is 2. The normalized spacial score (nSPS) is 10.5. The fourth-order valence-corrected chi connectivity index (χ4v) is 6.14. The first-order valence-corrected chi connectivity index (χ1v) is 19.7. The second-order valence-electron chi connectivity index (χ2n) is 13.4. The van der Waals surface area contributed by atoms with Crippen molar-refractivity contribution >= 4 is 0 Å². The van der Waals surface area contributed by atoms with Gasteiger partial charge in [0, 0.05) is 37.1 Å². The number of hydrogen-bond acceptors (Lipinski definition) is 0. The smallest absolute Gasteiger partial charge is 0.168 e. The van der Waals surface area contributed by atoms with Gasteiger partial charge in [-0.1, -0.05) is 180 Å². The molecule has 0 spiro atoms. The maximum absolute atomic E-state index is 2.29. The highest BCUT2D eigenvalue weighted by Gasteiger charge is 1.99. The van der Waals surface area contributed by atoms with Crippen LogP contribution in [-0.2, 0) is 13.1 Å². The Kier molecular flexibility index (Phi) is 40.9. The molecule has 0 atom stereocenters. The predicted molar refractivity (Wildman–Crippen MR) is 194 cm³/mol. The van der Waals surface area contributed by atoms with Crippen molar-refractivity contribution in [2.45, 2.75) is 207 Å². The minimum atomic E-state index is 0. The number of unbranched alkanes of at least 4 members (excludes halogenated alkanes) is 26. The maximum Gasteiger partial charge on any atom is 0.168 e. The highest BCUT2D eigenvalue weighted by atomic mass is 35.5. The highest BCUT2D eigenvalue weighted by molar-refractivity contribution is 4.84. The molecule has 46 heavy (non-hydrogen) atoms. The Bertz CT molecular complexity index is 719. The first-order chi connectivity index (χ1) is 21.9. The number of rotatable bonds is 30. The van der Waals surface area contributed by atoms with Gasteiger partial charge in [0.2, 0.25) is 0 Å². The zero-order valence-corrected chi connectivity index (χ0v) is 32.1. The van der Waals surface area contributed by atoms with Gasteiger partial charge in [0.05, 0.1) is 0 Å². The van der Waals surface area contributed by atoms with Crippen molar-refractivity contribution in [3.63, 3.8) is 0 Å². The molecule has 0 saturated carbocycles. The minimum absolute atomic E-state index is 0. The highest BCUT2D eigenvalue weighted by Crippen LogP contribution is 2.14. The molecule has 4 heteroatoms. The quantitative estimate of drug-likeness (QED) is 0.0626. The van der Waals surface area contributed by atoms with Crippen molar-refractivity contribution in [3.8, 4) is 0 Å². The van der Waals surface area contributed by atoms with Crippen LogP contribution in [0.3, 0.4) is 0 Å². The summed E-state index contributed by atoms with van der Waals surface area (Å²) < 4.78 is 4.58. The van der Waals surface area contributed by atoms with Gasteiger partial charge in [-0.3, -0.25) is 0 Å². The summed E-state index contributed by atoms with van der Waals surface area (Å²) in [6.45, 7) is 6.94. The van der Waals surface area contributed by atoms with E-state index in [4.69, 9.17) is 0 Å². The van der Waals surface area contributed by atoms with Crippen LogP contribution in [0.5, 0.6) is 0 Å². The summed E-state index contributed by atoms with van der Waals surface area (Å²) in [5.41, 5.74) is 0. The van der Waals surface area contributed by atoms with E-state index in [0.717, 1.165) is 0 Å². The summed E-state index contributed by atoms with van der Waals surface area (Å²) >= 11 is 0. The van der Waals surface area contributed by atoms with Crippen LogP contribution in [0, 0.1) is 0 Å². The van der Waals surface area contributed by atoms with Crippen LogP contribution in [0.15, 0.2) is 61.2 Å². The summed E-state index contributed by atoms with van der Waals surface area (Å²) in [6, 6.07) is 12.6. The lowest BCUT2D eigenvalue weighted by molar-refractivity contribution is -0.697. The molecule has 0 aromatic carbocycles. The number of nitrogens with zero attached hydrogens (tertiary/aromatic N) is 2. The van der Waals surface area contributed by atoms with E-state index < -0.39 is 0 Å². The van der Waals surface area contributed by atoms with Crippen molar-refractivity contribution in [1.29, 1.82) is 0 Å². The SMILES string of the molecule is CCCCCCCCCCCCCCCC[n+]1ccccc1.CCCCCCCCCCCCCCCC[n+]1ccccc1.[Cl-].[Cl-]. The Labute approximate surface area is 300 Å². The Morgan fingerprint density at radius 3 is 0.674 bits per heavy atom. The van der Waals surface area contributed by atoms with Crippen LogP contribution in [0.25, 0.3) is 0 Å². The molecule has 0 unspecified atom stereocenters. The summed E-state index contributed by atoms with van der Waals surface area (Å²) in [7, 11) is 0. The molecule has 2 aromatic heterocycles. The molecule has 268 valence electrons. The number of halogens is 2. The van der Waals surface area contributed by atoms with E-state index in [1.807, 2.05) is 0 Å². The minimum Gasteiger partial charge on any atom is -1.00 e. The Hall–Kier alpha value is -1.12. The van der Waals surface area contributed by atoms with Gasteiger partial charge in [-0.25, -0.2) is 9.13 Å². The van der Waals surface area contributed by atoms with Crippen molar-refractivity contribution < 1.29 is 33.9 Å². The van der Waals surface area contributed by atoms with Crippen LogP contribution in [-0.4, -0.2) is 0 Å². The van der Waals surface area contributed by atoms with Crippen molar-refractivity contribution in [3.05, 3.63) is 61.2 Å². The van der Waals surface area contributed by atoms with Gasteiger partial charge in [0.25, 0.3) is 0 Å². The molecule has 0 amide bonds. The molecule has 0 bridgehead atoms. The van der Waals surface area contributed by atoms with E-state index in [2.05, 4.69) is 84.2 Å². The molecular weight excluding hydrogens is 603 g/mol. The zero-order valence-electron chi connectivity index (χ0n) is 30.6.